The Labute approximate surface area is 156 Å². The predicted molar refractivity (Wildman–Crippen MR) is 103 cm³/mol. The summed E-state index contributed by atoms with van der Waals surface area (Å²) in [7, 11) is 0. The summed E-state index contributed by atoms with van der Waals surface area (Å²) < 4.78 is 5.67. The van der Waals surface area contributed by atoms with Gasteiger partial charge < -0.3 is 14.4 Å². The van der Waals surface area contributed by atoms with Crippen LogP contribution in [0.5, 0.6) is 5.75 Å². The first-order chi connectivity index (χ1) is 12.6. The molecule has 134 valence electrons. The van der Waals surface area contributed by atoms with E-state index in [2.05, 4.69) is 0 Å². The number of quaternary nitrogens is 1. The second kappa shape index (κ2) is 7.14. The summed E-state index contributed by atoms with van der Waals surface area (Å²) >= 11 is 5.93. The largest absolute Gasteiger partial charge is 0.507 e. The van der Waals surface area contributed by atoms with Crippen molar-refractivity contribution in [3.05, 3.63) is 63.5 Å². The molecule has 0 radical (unpaired) electrons. The van der Waals surface area contributed by atoms with Crippen LogP contribution in [0.25, 0.3) is 22.1 Å². The van der Waals surface area contributed by atoms with Gasteiger partial charge in [-0.1, -0.05) is 23.7 Å². The van der Waals surface area contributed by atoms with Crippen LogP contribution in [0.2, 0.25) is 5.02 Å². The Kier molecular flexibility index (Phi) is 4.70. The number of halogens is 1. The molecule has 1 fully saturated rings. The maximum Gasteiger partial charge on any atom is 0.344 e. The molecule has 0 unspecified atom stereocenters. The number of piperidine rings is 1. The highest BCUT2D eigenvalue weighted by atomic mass is 35.5. The Hall–Kier alpha value is -2.30. The monoisotopic (exact) mass is 370 g/mol. The lowest BCUT2D eigenvalue weighted by Gasteiger charge is -2.24. The van der Waals surface area contributed by atoms with E-state index in [-0.39, 0.29) is 5.75 Å². The summed E-state index contributed by atoms with van der Waals surface area (Å²) in [4.78, 5) is 14.0. The van der Waals surface area contributed by atoms with Crippen molar-refractivity contribution in [2.45, 2.75) is 25.8 Å². The second-order valence-corrected chi connectivity index (χ2v) is 7.36. The zero-order chi connectivity index (χ0) is 18.1. The molecule has 1 saturated heterocycles. The lowest BCUT2D eigenvalue weighted by Crippen LogP contribution is -3.11. The lowest BCUT2D eigenvalue weighted by molar-refractivity contribution is -0.918. The van der Waals surface area contributed by atoms with Crippen molar-refractivity contribution in [3.63, 3.8) is 0 Å². The minimum atomic E-state index is -0.402. The molecule has 1 aliphatic rings. The molecule has 2 aromatic carbocycles. The third-order valence-corrected chi connectivity index (χ3v) is 5.38. The number of rotatable bonds is 3. The molecule has 2 heterocycles. The van der Waals surface area contributed by atoms with Gasteiger partial charge in [-0.05, 0) is 55.2 Å². The molecule has 0 amide bonds. The van der Waals surface area contributed by atoms with Crippen LogP contribution in [0.1, 0.15) is 24.8 Å². The van der Waals surface area contributed by atoms with Crippen LogP contribution in [0.4, 0.5) is 0 Å². The Morgan fingerprint density at radius 2 is 1.77 bits per heavy atom. The molecule has 0 spiro atoms. The first kappa shape index (κ1) is 17.1. The van der Waals surface area contributed by atoms with E-state index in [1.54, 1.807) is 36.4 Å². The van der Waals surface area contributed by atoms with Crippen molar-refractivity contribution < 1.29 is 14.4 Å². The molecule has 26 heavy (non-hydrogen) atoms. The summed E-state index contributed by atoms with van der Waals surface area (Å²) in [6.45, 7) is 2.85. The number of likely N-dealkylation sites (tertiary alicyclic amines) is 1. The minimum Gasteiger partial charge on any atom is -0.507 e. The van der Waals surface area contributed by atoms with Gasteiger partial charge in [0.1, 0.15) is 12.3 Å². The number of aromatic hydroxyl groups is 1. The predicted octanol–water partition coefficient (Wildman–Crippen LogP) is 3.39. The fourth-order valence-electron chi connectivity index (χ4n) is 3.71. The Balaban J connectivity index is 1.79. The third kappa shape index (κ3) is 3.35. The van der Waals surface area contributed by atoms with Crippen LogP contribution >= 0.6 is 11.6 Å². The smallest absolute Gasteiger partial charge is 0.344 e. The van der Waals surface area contributed by atoms with Gasteiger partial charge in [-0.25, -0.2) is 4.79 Å². The first-order valence-corrected chi connectivity index (χ1v) is 9.38. The first-order valence-electron chi connectivity index (χ1n) is 9.00. The average molecular weight is 371 g/mol. The fraction of sp³-hybridized carbons (Fsp3) is 0.286. The van der Waals surface area contributed by atoms with Gasteiger partial charge in [0.15, 0.2) is 5.58 Å². The van der Waals surface area contributed by atoms with Crippen LogP contribution in [-0.4, -0.2) is 18.2 Å². The van der Waals surface area contributed by atoms with Crippen molar-refractivity contribution in [2.75, 3.05) is 13.1 Å². The molecule has 0 aliphatic carbocycles. The van der Waals surface area contributed by atoms with E-state index in [9.17, 15) is 9.90 Å². The second-order valence-electron chi connectivity index (χ2n) is 6.92. The molecule has 4 nitrogen and oxygen atoms in total. The molecule has 0 saturated carbocycles. The van der Waals surface area contributed by atoms with E-state index in [4.69, 9.17) is 16.0 Å². The SMILES string of the molecule is O=c1oc2c(C[NH+]3CCCCC3)c(O)ccc2cc1-c1ccc(Cl)cc1. The van der Waals surface area contributed by atoms with E-state index >= 15 is 0 Å². The zero-order valence-corrected chi connectivity index (χ0v) is 15.2. The van der Waals surface area contributed by atoms with Gasteiger partial charge in [0.05, 0.1) is 24.2 Å². The van der Waals surface area contributed by atoms with Crippen LogP contribution in [0.15, 0.2) is 51.7 Å². The summed E-state index contributed by atoms with van der Waals surface area (Å²) in [5, 5.41) is 11.8. The van der Waals surface area contributed by atoms with Crippen molar-refractivity contribution in [3.8, 4) is 16.9 Å². The van der Waals surface area contributed by atoms with Gasteiger partial charge in [-0.15, -0.1) is 0 Å². The molecule has 1 aliphatic heterocycles. The maximum absolute atomic E-state index is 12.6. The van der Waals surface area contributed by atoms with Crippen LogP contribution in [0, 0.1) is 0 Å². The van der Waals surface area contributed by atoms with E-state index in [0.29, 0.717) is 22.7 Å². The Morgan fingerprint density at radius 1 is 1.04 bits per heavy atom. The minimum absolute atomic E-state index is 0.193. The third-order valence-electron chi connectivity index (χ3n) is 5.12. The molecule has 2 N–H and O–H groups in total. The number of hydrogen-bond acceptors (Lipinski definition) is 3. The number of nitrogens with one attached hydrogen (secondary N) is 1. The highest BCUT2D eigenvalue weighted by molar-refractivity contribution is 6.30. The van der Waals surface area contributed by atoms with Gasteiger partial charge in [0.25, 0.3) is 0 Å². The molecule has 0 atom stereocenters. The van der Waals surface area contributed by atoms with Gasteiger partial charge in [-0.3, -0.25) is 0 Å². The number of benzene rings is 2. The number of phenols is 1. The number of hydrogen-bond donors (Lipinski definition) is 2. The van der Waals surface area contributed by atoms with E-state index < -0.39 is 5.63 Å². The molecule has 4 rings (SSSR count). The fourth-order valence-corrected chi connectivity index (χ4v) is 3.84. The maximum atomic E-state index is 12.6. The molecule has 0 bridgehead atoms. The van der Waals surface area contributed by atoms with Gasteiger partial charge in [-0.2, -0.15) is 0 Å². The van der Waals surface area contributed by atoms with E-state index in [0.717, 1.165) is 29.6 Å². The van der Waals surface area contributed by atoms with Crippen molar-refractivity contribution in [1.29, 1.82) is 0 Å². The molecular weight excluding hydrogens is 350 g/mol. The van der Waals surface area contributed by atoms with Crippen molar-refractivity contribution in [2.24, 2.45) is 0 Å². The summed E-state index contributed by atoms with van der Waals surface area (Å²) in [5.41, 5.74) is 2.07. The molecule has 1 aromatic heterocycles. The van der Waals surface area contributed by atoms with Crippen molar-refractivity contribution in [1.82, 2.24) is 0 Å². The highest BCUT2D eigenvalue weighted by Crippen LogP contribution is 2.29. The number of phenolic OH excluding ortho intramolecular Hbond substituents is 1. The molecule has 5 heteroatoms. The molecule has 3 aromatic rings. The van der Waals surface area contributed by atoms with E-state index in [1.807, 2.05) is 6.07 Å². The van der Waals surface area contributed by atoms with Crippen LogP contribution < -0.4 is 10.5 Å². The van der Waals surface area contributed by atoms with Crippen LogP contribution in [0.3, 0.4) is 0 Å². The van der Waals surface area contributed by atoms with Gasteiger partial charge in [0.2, 0.25) is 0 Å². The zero-order valence-electron chi connectivity index (χ0n) is 14.4. The molecular formula is C21H21ClNO3+. The summed E-state index contributed by atoms with van der Waals surface area (Å²) in [6.07, 6.45) is 3.67. The van der Waals surface area contributed by atoms with Gasteiger partial charge >= 0.3 is 5.63 Å². The average Bonchev–Trinajstić information content (AvgIpc) is 2.66. The normalized spacial score (nSPS) is 15.4. The quantitative estimate of drug-likeness (QED) is 0.695. The summed E-state index contributed by atoms with van der Waals surface area (Å²) in [5.74, 6) is 0.193. The highest BCUT2D eigenvalue weighted by Gasteiger charge is 2.20. The topological polar surface area (TPSA) is 54.9 Å². The van der Waals surface area contributed by atoms with E-state index in [1.165, 1.54) is 24.2 Å². The lowest BCUT2D eigenvalue weighted by atomic mass is 10.0. The van der Waals surface area contributed by atoms with Crippen LogP contribution in [-0.2, 0) is 6.54 Å². The summed E-state index contributed by atoms with van der Waals surface area (Å²) in [6, 6.07) is 12.4. The van der Waals surface area contributed by atoms with Crippen molar-refractivity contribution >= 4 is 22.6 Å². The number of fused-ring (bicyclic) bond motifs is 1. The Morgan fingerprint density at radius 3 is 2.50 bits per heavy atom. The van der Waals surface area contributed by atoms with Gasteiger partial charge in [0, 0.05) is 10.4 Å². The Bertz CT molecular complexity index is 989. The standard InChI is InChI=1S/C21H20ClNO3/c22-16-7-4-14(5-8-16)17-12-15-6-9-19(24)18(20(15)26-21(17)25)13-23-10-2-1-3-11-23/h4-9,12,24H,1-3,10-11,13H2/p+1.